The number of halogens is 1. The van der Waals surface area contributed by atoms with Gasteiger partial charge in [0.05, 0.1) is 17.1 Å². The molecule has 1 saturated heterocycles. The summed E-state index contributed by atoms with van der Waals surface area (Å²) in [5, 5.41) is 3.11. The van der Waals surface area contributed by atoms with Crippen molar-refractivity contribution in [2.75, 3.05) is 32.7 Å². The first-order valence-electron chi connectivity index (χ1n) is 10.8. The predicted molar refractivity (Wildman–Crippen MR) is 128 cm³/mol. The first kappa shape index (κ1) is 22.6. The van der Waals surface area contributed by atoms with Crippen LogP contribution in [0, 0.1) is 0 Å². The lowest BCUT2D eigenvalue weighted by Crippen LogP contribution is -2.52. The van der Waals surface area contributed by atoms with E-state index >= 15 is 0 Å². The van der Waals surface area contributed by atoms with Crippen molar-refractivity contribution in [3.8, 4) is 11.1 Å². The summed E-state index contributed by atoms with van der Waals surface area (Å²) in [5.41, 5.74) is 3.06. The van der Waals surface area contributed by atoms with Crippen LogP contribution >= 0.6 is 11.6 Å². The highest BCUT2D eigenvalue weighted by atomic mass is 35.5. The maximum absolute atomic E-state index is 12.7. The Bertz CT molecular complexity index is 1140. The molecule has 4 rings (SSSR count). The van der Waals surface area contributed by atoms with E-state index < -0.39 is 0 Å². The molecule has 1 aliphatic rings. The number of rotatable bonds is 5. The van der Waals surface area contributed by atoms with E-state index in [9.17, 15) is 14.4 Å². The molecule has 0 bridgehead atoms. The monoisotopic (exact) mass is 461 g/mol. The average Bonchev–Trinajstić information content (AvgIpc) is 2.87. The van der Waals surface area contributed by atoms with Crippen molar-refractivity contribution in [3.63, 3.8) is 0 Å². The Labute approximate surface area is 197 Å². The molecule has 3 aromatic carbocycles. The molecule has 1 aliphatic heterocycles. The molecule has 0 spiro atoms. The molecule has 0 aromatic heterocycles. The number of amides is 3. The molecule has 3 amide bonds. The second kappa shape index (κ2) is 10.3. The van der Waals surface area contributed by atoms with Gasteiger partial charge in [0, 0.05) is 31.7 Å². The first-order valence-corrected chi connectivity index (χ1v) is 11.2. The summed E-state index contributed by atoms with van der Waals surface area (Å²) in [6, 6.07) is 24.1. The number of hydrogen-bond donors (Lipinski definition) is 1. The predicted octanol–water partition coefficient (Wildman–Crippen LogP) is 3.72. The Morgan fingerprint density at radius 3 is 1.97 bits per heavy atom. The fourth-order valence-electron chi connectivity index (χ4n) is 3.78. The van der Waals surface area contributed by atoms with Crippen molar-refractivity contribution < 1.29 is 14.4 Å². The maximum Gasteiger partial charge on any atom is 0.255 e. The van der Waals surface area contributed by atoms with Crippen molar-refractivity contribution in [1.82, 2.24) is 15.1 Å². The molecule has 0 aliphatic carbocycles. The van der Waals surface area contributed by atoms with Gasteiger partial charge in [0.2, 0.25) is 5.91 Å². The van der Waals surface area contributed by atoms with E-state index in [0.717, 1.165) is 11.1 Å². The van der Waals surface area contributed by atoms with Gasteiger partial charge in [-0.1, -0.05) is 66.2 Å². The van der Waals surface area contributed by atoms with E-state index in [1.54, 1.807) is 46.2 Å². The molecular weight excluding hydrogens is 438 g/mol. The molecule has 33 heavy (non-hydrogen) atoms. The third-order valence-corrected chi connectivity index (χ3v) is 6.01. The Morgan fingerprint density at radius 2 is 1.30 bits per heavy atom. The number of nitrogens with zero attached hydrogens (tertiary/aromatic N) is 2. The van der Waals surface area contributed by atoms with E-state index in [0.29, 0.717) is 42.3 Å². The highest BCUT2D eigenvalue weighted by molar-refractivity contribution is 6.33. The fraction of sp³-hybridized carbons (Fsp3) is 0.192. The second-order valence-corrected chi connectivity index (χ2v) is 8.19. The minimum atomic E-state index is -0.296. The second-order valence-electron chi connectivity index (χ2n) is 7.78. The van der Waals surface area contributed by atoms with E-state index in [4.69, 9.17) is 11.6 Å². The van der Waals surface area contributed by atoms with Gasteiger partial charge in [-0.25, -0.2) is 0 Å². The van der Waals surface area contributed by atoms with Gasteiger partial charge in [0.25, 0.3) is 11.8 Å². The average molecular weight is 462 g/mol. The molecule has 0 saturated carbocycles. The summed E-state index contributed by atoms with van der Waals surface area (Å²) >= 11 is 6.13. The lowest BCUT2D eigenvalue weighted by molar-refractivity contribution is -0.131. The normalized spacial score (nSPS) is 13.5. The van der Waals surface area contributed by atoms with Crippen LogP contribution in [0.15, 0.2) is 78.9 Å². The van der Waals surface area contributed by atoms with E-state index in [1.807, 2.05) is 42.5 Å². The Balaban J connectivity index is 1.26. The number of hydrogen-bond acceptors (Lipinski definition) is 3. The van der Waals surface area contributed by atoms with Gasteiger partial charge >= 0.3 is 0 Å². The van der Waals surface area contributed by atoms with Crippen molar-refractivity contribution in [3.05, 3.63) is 95.0 Å². The van der Waals surface area contributed by atoms with Gasteiger partial charge in [-0.3, -0.25) is 14.4 Å². The van der Waals surface area contributed by atoms with Crippen LogP contribution in [0.25, 0.3) is 11.1 Å². The summed E-state index contributed by atoms with van der Waals surface area (Å²) in [7, 11) is 0. The Kier molecular flexibility index (Phi) is 7.05. The van der Waals surface area contributed by atoms with E-state index in [2.05, 4.69) is 5.32 Å². The van der Waals surface area contributed by atoms with Crippen molar-refractivity contribution in [2.24, 2.45) is 0 Å². The lowest BCUT2D eigenvalue weighted by Gasteiger charge is -2.35. The van der Waals surface area contributed by atoms with Gasteiger partial charge in [-0.15, -0.1) is 0 Å². The zero-order chi connectivity index (χ0) is 23.2. The minimum Gasteiger partial charge on any atom is -0.343 e. The van der Waals surface area contributed by atoms with E-state index in [-0.39, 0.29) is 24.3 Å². The fourth-order valence-corrected chi connectivity index (χ4v) is 3.99. The Morgan fingerprint density at radius 1 is 0.727 bits per heavy atom. The maximum atomic E-state index is 12.7. The lowest BCUT2D eigenvalue weighted by atomic mass is 10.0. The summed E-state index contributed by atoms with van der Waals surface area (Å²) in [6.45, 7) is 1.58. The number of benzene rings is 3. The van der Waals surface area contributed by atoms with Crippen molar-refractivity contribution in [1.29, 1.82) is 0 Å². The van der Waals surface area contributed by atoms with Crippen molar-refractivity contribution in [2.45, 2.75) is 0 Å². The van der Waals surface area contributed by atoms with Crippen LogP contribution in [-0.4, -0.2) is 60.2 Å². The van der Waals surface area contributed by atoms with Crippen LogP contribution < -0.4 is 5.32 Å². The third-order valence-electron chi connectivity index (χ3n) is 5.68. The number of nitrogens with one attached hydrogen (secondary N) is 1. The minimum absolute atomic E-state index is 0.0856. The molecule has 168 valence electrons. The van der Waals surface area contributed by atoms with E-state index in [1.165, 1.54) is 0 Å². The molecule has 0 unspecified atom stereocenters. The number of carbonyl (C=O) groups is 3. The van der Waals surface area contributed by atoms with Crippen LogP contribution in [0.3, 0.4) is 0 Å². The highest BCUT2D eigenvalue weighted by Crippen LogP contribution is 2.20. The summed E-state index contributed by atoms with van der Waals surface area (Å²) in [5.74, 6) is -0.607. The summed E-state index contributed by atoms with van der Waals surface area (Å²) < 4.78 is 0. The summed E-state index contributed by atoms with van der Waals surface area (Å²) in [4.78, 5) is 41.0. The zero-order valence-corrected chi connectivity index (χ0v) is 18.8. The van der Waals surface area contributed by atoms with Gasteiger partial charge in [-0.2, -0.15) is 0 Å². The van der Waals surface area contributed by atoms with Crippen LogP contribution in [0.5, 0.6) is 0 Å². The molecule has 1 N–H and O–H groups in total. The molecule has 1 heterocycles. The smallest absolute Gasteiger partial charge is 0.255 e. The zero-order valence-electron chi connectivity index (χ0n) is 18.0. The quantitative estimate of drug-likeness (QED) is 0.629. The first-order chi connectivity index (χ1) is 16.0. The van der Waals surface area contributed by atoms with Crippen LogP contribution in [0.4, 0.5) is 0 Å². The largest absolute Gasteiger partial charge is 0.343 e. The highest BCUT2D eigenvalue weighted by Gasteiger charge is 2.26. The summed E-state index contributed by atoms with van der Waals surface area (Å²) in [6.07, 6.45) is 0. The van der Waals surface area contributed by atoms with Crippen LogP contribution in [0.1, 0.15) is 20.7 Å². The van der Waals surface area contributed by atoms with Gasteiger partial charge in [0.15, 0.2) is 0 Å². The number of piperazine rings is 1. The Hall–Kier alpha value is -3.64. The number of carbonyl (C=O) groups excluding carboxylic acids is 3. The molecule has 7 heteroatoms. The van der Waals surface area contributed by atoms with Gasteiger partial charge < -0.3 is 15.1 Å². The SMILES string of the molecule is O=C(NCC(=O)N1CCN(C(=O)c2ccccc2Cl)CC1)c1ccc(-c2ccccc2)cc1. The molecular formula is C26H24ClN3O3. The topological polar surface area (TPSA) is 69.7 Å². The molecule has 3 aromatic rings. The molecule has 6 nitrogen and oxygen atoms in total. The van der Waals surface area contributed by atoms with Crippen LogP contribution in [0.2, 0.25) is 5.02 Å². The van der Waals surface area contributed by atoms with Crippen LogP contribution in [-0.2, 0) is 4.79 Å². The molecule has 1 fully saturated rings. The molecule has 0 atom stereocenters. The standard InChI is InChI=1S/C26H24ClN3O3/c27-23-9-5-4-8-22(23)26(33)30-16-14-29(15-17-30)24(31)18-28-25(32)21-12-10-20(11-13-21)19-6-2-1-3-7-19/h1-13H,14-18H2,(H,28,32). The van der Waals surface area contributed by atoms with Gasteiger partial charge in [0.1, 0.15) is 0 Å². The van der Waals surface area contributed by atoms with Crippen molar-refractivity contribution >= 4 is 29.3 Å². The molecule has 0 radical (unpaired) electrons. The van der Waals surface area contributed by atoms with Gasteiger partial charge in [-0.05, 0) is 35.4 Å². The third kappa shape index (κ3) is 5.41.